The predicted molar refractivity (Wildman–Crippen MR) is 133 cm³/mol. The Kier molecular flexibility index (Phi) is 6.64. The molecule has 2 heterocycles. The van der Waals surface area contributed by atoms with Crippen molar-refractivity contribution in [2.45, 2.75) is 37.5 Å². The molecular formula is C25H30N6OS. The Morgan fingerprint density at radius 1 is 1.00 bits per heavy atom. The summed E-state index contributed by atoms with van der Waals surface area (Å²) in [6.45, 7) is 7.07. The zero-order chi connectivity index (χ0) is 22.6. The van der Waals surface area contributed by atoms with Crippen LogP contribution in [0.15, 0.2) is 59.8 Å². The number of thioether (sulfide) groups is 1. The van der Waals surface area contributed by atoms with Crippen molar-refractivity contribution in [1.82, 2.24) is 19.7 Å². The molecule has 1 N–H and O–H groups in total. The third-order valence-corrected chi connectivity index (χ3v) is 7.28. The van der Waals surface area contributed by atoms with Crippen molar-refractivity contribution in [2.24, 2.45) is 0 Å². The van der Waals surface area contributed by atoms with E-state index < -0.39 is 0 Å². The number of anilines is 2. The van der Waals surface area contributed by atoms with Gasteiger partial charge in [-0.2, -0.15) is 0 Å². The SMILES string of the molecule is Cc1nnc(SCC(=O)Nc2ccc(N3CCN(C4CC4)CC3)cc2)n1Cc1ccccc1. The Bertz CT molecular complexity index is 1070. The van der Waals surface area contributed by atoms with Crippen molar-refractivity contribution >= 4 is 29.0 Å². The molecule has 33 heavy (non-hydrogen) atoms. The third-order valence-electron chi connectivity index (χ3n) is 6.31. The second-order valence-electron chi connectivity index (χ2n) is 8.74. The van der Waals surface area contributed by atoms with Crippen LogP contribution in [0.5, 0.6) is 0 Å². The molecular weight excluding hydrogens is 432 g/mol. The number of carbonyl (C=O) groups excluding carboxylic acids is 1. The molecule has 172 valence electrons. The first kappa shape index (κ1) is 22.0. The Labute approximate surface area is 199 Å². The van der Waals surface area contributed by atoms with Crippen LogP contribution in [0.4, 0.5) is 11.4 Å². The number of hydrogen-bond donors (Lipinski definition) is 1. The quantitative estimate of drug-likeness (QED) is 0.516. The van der Waals surface area contributed by atoms with E-state index in [0.29, 0.717) is 6.54 Å². The maximum atomic E-state index is 12.5. The summed E-state index contributed by atoms with van der Waals surface area (Å²) in [7, 11) is 0. The summed E-state index contributed by atoms with van der Waals surface area (Å²) in [5.74, 6) is 1.09. The highest BCUT2D eigenvalue weighted by molar-refractivity contribution is 7.99. The molecule has 5 rings (SSSR count). The predicted octanol–water partition coefficient (Wildman–Crippen LogP) is 3.65. The Morgan fingerprint density at radius 2 is 1.73 bits per heavy atom. The van der Waals surface area contributed by atoms with Crippen LogP contribution in [-0.2, 0) is 11.3 Å². The molecule has 1 aromatic heterocycles. The van der Waals surface area contributed by atoms with Gasteiger partial charge >= 0.3 is 0 Å². The van der Waals surface area contributed by atoms with E-state index in [1.807, 2.05) is 41.8 Å². The van der Waals surface area contributed by atoms with Gasteiger partial charge in [0.1, 0.15) is 5.82 Å². The highest BCUT2D eigenvalue weighted by Gasteiger charge is 2.31. The molecule has 0 radical (unpaired) electrons. The van der Waals surface area contributed by atoms with Crippen LogP contribution in [0.1, 0.15) is 24.2 Å². The van der Waals surface area contributed by atoms with Crippen LogP contribution >= 0.6 is 11.8 Å². The van der Waals surface area contributed by atoms with Gasteiger partial charge in [-0.05, 0) is 49.6 Å². The van der Waals surface area contributed by atoms with Crippen molar-refractivity contribution in [1.29, 1.82) is 0 Å². The van der Waals surface area contributed by atoms with Crippen LogP contribution in [-0.4, -0.2) is 63.5 Å². The fourth-order valence-electron chi connectivity index (χ4n) is 4.28. The summed E-state index contributed by atoms with van der Waals surface area (Å²) in [6.07, 6.45) is 2.75. The second kappa shape index (κ2) is 9.97. The summed E-state index contributed by atoms with van der Waals surface area (Å²) in [6, 6.07) is 19.3. The number of piperazine rings is 1. The van der Waals surface area contributed by atoms with Crippen molar-refractivity contribution < 1.29 is 4.79 Å². The van der Waals surface area contributed by atoms with Crippen molar-refractivity contribution in [3.8, 4) is 0 Å². The van der Waals surface area contributed by atoms with E-state index in [4.69, 9.17) is 0 Å². The Balaban J connectivity index is 1.12. The number of carbonyl (C=O) groups is 1. The number of benzene rings is 2. The van der Waals surface area contributed by atoms with E-state index in [2.05, 4.69) is 49.6 Å². The number of aryl methyl sites for hydroxylation is 1. The van der Waals surface area contributed by atoms with Crippen LogP contribution in [0, 0.1) is 6.92 Å². The molecule has 2 aliphatic rings. The van der Waals surface area contributed by atoms with Gasteiger partial charge in [-0.3, -0.25) is 9.69 Å². The van der Waals surface area contributed by atoms with E-state index >= 15 is 0 Å². The minimum absolute atomic E-state index is 0.0438. The molecule has 0 atom stereocenters. The minimum Gasteiger partial charge on any atom is -0.369 e. The highest BCUT2D eigenvalue weighted by Crippen LogP contribution is 2.29. The number of hydrogen-bond acceptors (Lipinski definition) is 6. The van der Waals surface area contributed by atoms with Gasteiger partial charge in [-0.25, -0.2) is 0 Å². The third kappa shape index (κ3) is 5.57. The van der Waals surface area contributed by atoms with Crippen molar-refractivity contribution in [3.05, 3.63) is 66.0 Å². The molecule has 1 saturated heterocycles. The van der Waals surface area contributed by atoms with Crippen LogP contribution in [0.3, 0.4) is 0 Å². The van der Waals surface area contributed by atoms with E-state index in [9.17, 15) is 4.79 Å². The first-order valence-corrected chi connectivity index (χ1v) is 12.6. The van der Waals surface area contributed by atoms with Crippen LogP contribution in [0.25, 0.3) is 0 Å². The number of nitrogens with one attached hydrogen (secondary N) is 1. The molecule has 2 aromatic carbocycles. The van der Waals surface area contributed by atoms with E-state index in [1.54, 1.807) is 0 Å². The lowest BCUT2D eigenvalue weighted by Crippen LogP contribution is -2.47. The average molecular weight is 463 g/mol. The zero-order valence-electron chi connectivity index (χ0n) is 19.0. The van der Waals surface area contributed by atoms with E-state index in [-0.39, 0.29) is 11.7 Å². The van der Waals surface area contributed by atoms with Gasteiger partial charge < -0.3 is 14.8 Å². The molecule has 1 aliphatic heterocycles. The molecule has 0 spiro atoms. The maximum Gasteiger partial charge on any atom is 0.234 e. The lowest BCUT2D eigenvalue weighted by molar-refractivity contribution is -0.113. The van der Waals surface area contributed by atoms with E-state index in [0.717, 1.165) is 48.9 Å². The van der Waals surface area contributed by atoms with Crippen LogP contribution < -0.4 is 10.2 Å². The maximum absolute atomic E-state index is 12.5. The van der Waals surface area contributed by atoms with Crippen LogP contribution in [0.2, 0.25) is 0 Å². The number of aromatic nitrogens is 3. The Morgan fingerprint density at radius 3 is 2.42 bits per heavy atom. The molecule has 1 saturated carbocycles. The highest BCUT2D eigenvalue weighted by atomic mass is 32.2. The van der Waals surface area contributed by atoms with Gasteiger partial charge in [-0.1, -0.05) is 42.1 Å². The lowest BCUT2D eigenvalue weighted by Gasteiger charge is -2.36. The van der Waals surface area contributed by atoms with Gasteiger partial charge in [-0.15, -0.1) is 10.2 Å². The van der Waals surface area contributed by atoms with Gasteiger partial charge in [0.25, 0.3) is 0 Å². The number of amides is 1. The molecule has 0 bridgehead atoms. The lowest BCUT2D eigenvalue weighted by atomic mass is 10.2. The van der Waals surface area contributed by atoms with Gasteiger partial charge in [0.05, 0.1) is 12.3 Å². The number of rotatable bonds is 8. The van der Waals surface area contributed by atoms with Gasteiger partial charge in [0, 0.05) is 43.6 Å². The summed E-state index contributed by atoms with van der Waals surface area (Å²) >= 11 is 1.41. The summed E-state index contributed by atoms with van der Waals surface area (Å²) in [5, 5.41) is 12.2. The second-order valence-corrected chi connectivity index (χ2v) is 9.68. The molecule has 2 fully saturated rings. The summed E-state index contributed by atoms with van der Waals surface area (Å²) in [4.78, 5) is 17.6. The first-order chi connectivity index (χ1) is 16.2. The molecule has 0 unspecified atom stereocenters. The monoisotopic (exact) mass is 462 g/mol. The molecule has 7 nitrogen and oxygen atoms in total. The molecule has 3 aromatic rings. The largest absolute Gasteiger partial charge is 0.369 e. The standard InChI is InChI=1S/C25H30N6OS/c1-19-27-28-25(31(19)17-20-5-3-2-4-6-20)33-18-24(32)26-21-7-9-22(10-8-21)29-13-15-30(16-14-29)23-11-12-23/h2-10,23H,11-18H2,1H3,(H,26,32). The topological polar surface area (TPSA) is 66.3 Å². The van der Waals surface area contributed by atoms with Gasteiger partial charge in [0.2, 0.25) is 5.91 Å². The molecule has 1 aliphatic carbocycles. The molecule has 8 heteroatoms. The van der Waals surface area contributed by atoms with E-state index in [1.165, 1.54) is 35.9 Å². The first-order valence-electron chi connectivity index (χ1n) is 11.6. The minimum atomic E-state index is -0.0438. The smallest absolute Gasteiger partial charge is 0.234 e. The van der Waals surface area contributed by atoms with Crippen molar-refractivity contribution in [3.63, 3.8) is 0 Å². The fraction of sp³-hybridized carbons (Fsp3) is 0.400. The average Bonchev–Trinajstić information content (AvgIpc) is 3.64. The van der Waals surface area contributed by atoms with Gasteiger partial charge in [0.15, 0.2) is 5.16 Å². The summed E-state index contributed by atoms with van der Waals surface area (Å²) in [5.41, 5.74) is 3.23. The Hall–Kier alpha value is -2.84. The molecule has 1 amide bonds. The fourth-order valence-corrected chi connectivity index (χ4v) is 5.07. The normalized spacial score (nSPS) is 16.7. The zero-order valence-corrected chi connectivity index (χ0v) is 19.8. The number of nitrogens with zero attached hydrogens (tertiary/aromatic N) is 5. The van der Waals surface area contributed by atoms with Crippen molar-refractivity contribution in [2.75, 3.05) is 42.1 Å². The summed E-state index contributed by atoms with van der Waals surface area (Å²) < 4.78 is 2.05.